The highest BCUT2D eigenvalue weighted by molar-refractivity contribution is 7.91. The smallest absolute Gasteiger partial charge is 0.254 e. The molecule has 2 fully saturated rings. The molecule has 2 atom stereocenters. The van der Waals surface area contributed by atoms with Gasteiger partial charge in [0, 0.05) is 19.1 Å². The predicted octanol–water partition coefficient (Wildman–Crippen LogP) is 0.824. The summed E-state index contributed by atoms with van der Waals surface area (Å²) < 4.78 is 27.3. The van der Waals surface area contributed by atoms with Gasteiger partial charge in [0.1, 0.15) is 0 Å². The molecule has 0 amide bonds. The van der Waals surface area contributed by atoms with Crippen LogP contribution in [0.4, 0.5) is 0 Å². The van der Waals surface area contributed by atoms with Crippen molar-refractivity contribution >= 4 is 21.4 Å². The highest BCUT2D eigenvalue weighted by Gasteiger charge is 2.41. The fourth-order valence-electron chi connectivity index (χ4n) is 2.90. The second-order valence-electron chi connectivity index (χ2n) is 4.94. The third-order valence-electron chi connectivity index (χ3n) is 3.79. The van der Waals surface area contributed by atoms with Crippen LogP contribution in [-0.2, 0) is 10.0 Å². The lowest BCUT2D eigenvalue weighted by atomic mass is 9.94. The third-order valence-corrected chi connectivity index (χ3v) is 7.06. The van der Waals surface area contributed by atoms with E-state index in [0.29, 0.717) is 16.7 Å². The van der Waals surface area contributed by atoms with E-state index in [1.54, 1.807) is 4.31 Å². The van der Waals surface area contributed by atoms with E-state index < -0.39 is 10.0 Å². The maximum atomic E-state index is 12.6. The first kappa shape index (κ1) is 12.5. The molecular weight excluding hydrogens is 270 g/mol. The molecule has 0 aromatic carbocycles. The molecule has 1 aromatic rings. The molecule has 1 N–H and O–H groups in total. The van der Waals surface area contributed by atoms with E-state index in [4.69, 9.17) is 0 Å². The van der Waals surface area contributed by atoms with E-state index in [-0.39, 0.29) is 6.04 Å². The molecule has 1 aromatic heterocycles. The average Bonchev–Trinajstić information content (AvgIpc) is 2.96. The monoisotopic (exact) mass is 287 g/mol. The summed E-state index contributed by atoms with van der Waals surface area (Å²) in [7, 11) is -3.35. The van der Waals surface area contributed by atoms with Crippen LogP contribution in [0.3, 0.4) is 0 Å². The molecule has 2 aliphatic rings. The molecule has 2 aliphatic heterocycles. The van der Waals surface area contributed by atoms with E-state index in [9.17, 15) is 8.42 Å². The standard InChI is InChI=1S/C11H17N3O2S2/c1-8-13-7-11(17-8)18(15,16)14-4-2-3-9-5-12-6-10(9)14/h7,9-10,12H,2-6H2,1H3/t9-,10+/m0/s1. The van der Waals surface area contributed by atoms with Gasteiger partial charge in [-0.05, 0) is 32.2 Å². The zero-order chi connectivity index (χ0) is 12.8. The first-order valence-electron chi connectivity index (χ1n) is 6.24. The van der Waals surface area contributed by atoms with Gasteiger partial charge in [0.25, 0.3) is 10.0 Å². The van der Waals surface area contributed by atoms with Crippen LogP contribution < -0.4 is 5.32 Å². The molecule has 100 valence electrons. The van der Waals surface area contributed by atoms with Crippen LogP contribution in [0.1, 0.15) is 17.8 Å². The number of fused-ring (bicyclic) bond motifs is 1. The molecule has 7 heteroatoms. The fourth-order valence-corrected chi connectivity index (χ4v) is 5.86. The molecule has 0 spiro atoms. The van der Waals surface area contributed by atoms with Crippen LogP contribution in [0.25, 0.3) is 0 Å². The lowest BCUT2D eigenvalue weighted by molar-refractivity contribution is 0.218. The number of aromatic nitrogens is 1. The van der Waals surface area contributed by atoms with E-state index in [1.165, 1.54) is 17.5 Å². The fraction of sp³-hybridized carbons (Fsp3) is 0.727. The van der Waals surface area contributed by atoms with Crippen LogP contribution >= 0.6 is 11.3 Å². The molecule has 3 heterocycles. The molecule has 0 unspecified atom stereocenters. The van der Waals surface area contributed by atoms with Crippen molar-refractivity contribution in [1.82, 2.24) is 14.6 Å². The van der Waals surface area contributed by atoms with Crippen LogP contribution in [0.15, 0.2) is 10.4 Å². The maximum absolute atomic E-state index is 12.6. The Bertz CT molecular complexity index is 540. The summed E-state index contributed by atoms with van der Waals surface area (Å²) in [4.78, 5) is 4.06. The van der Waals surface area contributed by atoms with Crippen molar-refractivity contribution in [2.24, 2.45) is 5.92 Å². The Morgan fingerprint density at radius 2 is 2.33 bits per heavy atom. The van der Waals surface area contributed by atoms with Gasteiger partial charge in [0.15, 0.2) is 4.21 Å². The third kappa shape index (κ3) is 1.99. The average molecular weight is 287 g/mol. The van der Waals surface area contributed by atoms with Crippen molar-refractivity contribution in [2.75, 3.05) is 19.6 Å². The minimum Gasteiger partial charge on any atom is -0.315 e. The Labute approximate surface area is 111 Å². The quantitative estimate of drug-likeness (QED) is 0.875. The van der Waals surface area contributed by atoms with Crippen LogP contribution in [0, 0.1) is 12.8 Å². The molecule has 0 bridgehead atoms. The zero-order valence-electron chi connectivity index (χ0n) is 10.3. The number of hydrogen-bond donors (Lipinski definition) is 1. The van der Waals surface area contributed by atoms with E-state index in [0.717, 1.165) is 30.9 Å². The van der Waals surface area contributed by atoms with Crippen molar-refractivity contribution in [3.8, 4) is 0 Å². The highest BCUT2D eigenvalue weighted by Crippen LogP contribution is 2.32. The van der Waals surface area contributed by atoms with Gasteiger partial charge in [0.2, 0.25) is 0 Å². The predicted molar refractivity (Wildman–Crippen MR) is 70.1 cm³/mol. The number of hydrogen-bond acceptors (Lipinski definition) is 5. The zero-order valence-corrected chi connectivity index (χ0v) is 11.9. The Morgan fingerprint density at radius 1 is 1.50 bits per heavy atom. The Balaban J connectivity index is 1.93. The summed E-state index contributed by atoms with van der Waals surface area (Å²) in [5.74, 6) is 0.475. The van der Waals surface area contributed by atoms with Crippen LogP contribution in [0.2, 0.25) is 0 Å². The number of thiazole rings is 1. The van der Waals surface area contributed by atoms with Gasteiger partial charge in [0.05, 0.1) is 11.2 Å². The molecular formula is C11H17N3O2S2. The van der Waals surface area contributed by atoms with E-state index >= 15 is 0 Å². The van der Waals surface area contributed by atoms with Crippen LogP contribution in [0.5, 0.6) is 0 Å². The summed E-state index contributed by atoms with van der Waals surface area (Å²) in [6.45, 7) is 4.20. The number of sulfonamides is 1. The van der Waals surface area contributed by atoms with Crippen molar-refractivity contribution in [2.45, 2.75) is 30.0 Å². The molecule has 0 aliphatic carbocycles. The minimum atomic E-state index is -3.35. The van der Waals surface area contributed by atoms with Crippen molar-refractivity contribution < 1.29 is 8.42 Å². The molecule has 0 radical (unpaired) electrons. The second kappa shape index (κ2) is 4.56. The highest BCUT2D eigenvalue weighted by atomic mass is 32.2. The number of piperidine rings is 1. The summed E-state index contributed by atoms with van der Waals surface area (Å²) >= 11 is 1.26. The first-order chi connectivity index (χ1) is 8.59. The van der Waals surface area contributed by atoms with Gasteiger partial charge in [-0.15, -0.1) is 11.3 Å². The number of nitrogens with zero attached hydrogens (tertiary/aromatic N) is 2. The Morgan fingerprint density at radius 3 is 3.06 bits per heavy atom. The van der Waals surface area contributed by atoms with Crippen molar-refractivity contribution in [3.05, 3.63) is 11.2 Å². The van der Waals surface area contributed by atoms with Gasteiger partial charge in [-0.2, -0.15) is 4.31 Å². The Kier molecular flexibility index (Phi) is 3.17. The lowest BCUT2D eigenvalue weighted by Crippen LogP contribution is -2.47. The van der Waals surface area contributed by atoms with Gasteiger partial charge in [-0.25, -0.2) is 13.4 Å². The van der Waals surface area contributed by atoms with E-state index in [2.05, 4.69) is 10.3 Å². The SMILES string of the molecule is Cc1ncc(S(=O)(=O)N2CCC[C@H]3CNC[C@H]32)s1. The second-order valence-corrected chi connectivity index (χ2v) is 8.29. The summed E-state index contributed by atoms with van der Waals surface area (Å²) in [5, 5.41) is 4.10. The molecule has 5 nitrogen and oxygen atoms in total. The molecule has 18 heavy (non-hydrogen) atoms. The lowest BCUT2D eigenvalue weighted by Gasteiger charge is -2.35. The topological polar surface area (TPSA) is 62.3 Å². The van der Waals surface area contributed by atoms with Gasteiger partial charge in [-0.1, -0.05) is 0 Å². The number of nitrogens with one attached hydrogen (secondary N) is 1. The minimum absolute atomic E-state index is 0.131. The van der Waals surface area contributed by atoms with Gasteiger partial charge < -0.3 is 5.32 Å². The number of rotatable bonds is 2. The summed E-state index contributed by atoms with van der Waals surface area (Å²) in [6, 6.07) is 0.131. The normalized spacial score (nSPS) is 29.4. The largest absolute Gasteiger partial charge is 0.315 e. The van der Waals surface area contributed by atoms with Crippen molar-refractivity contribution in [1.29, 1.82) is 0 Å². The van der Waals surface area contributed by atoms with Gasteiger partial charge in [-0.3, -0.25) is 0 Å². The van der Waals surface area contributed by atoms with Crippen LogP contribution in [-0.4, -0.2) is 43.4 Å². The molecule has 2 saturated heterocycles. The summed E-state index contributed by atoms with van der Waals surface area (Å²) in [6.07, 6.45) is 3.58. The molecule has 0 saturated carbocycles. The maximum Gasteiger partial charge on any atom is 0.254 e. The summed E-state index contributed by atoms with van der Waals surface area (Å²) in [5.41, 5.74) is 0. The molecule has 3 rings (SSSR count). The first-order valence-corrected chi connectivity index (χ1v) is 8.49. The Hall–Kier alpha value is -0.500. The van der Waals surface area contributed by atoms with E-state index in [1.807, 2.05) is 6.92 Å². The van der Waals surface area contributed by atoms with Crippen molar-refractivity contribution in [3.63, 3.8) is 0 Å². The number of aryl methyl sites for hydroxylation is 1. The van der Waals surface area contributed by atoms with Gasteiger partial charge >= 0.3 is 0 Å².